The van der Waals surface area contributed by atoms with Crippen molar-refractivity contribution in [2.75, 3.05) is 0 Å². The molecule has 0 heterocycles. The first kappa shape index (κ1) is 58.3. The molecule has 11 aromatic rings. The molecule has 12 nitrogen and oxygen atoms in total. The van der Waals surface area contributed by atoms with Crippen LogP contribution in [0.15, 0.2) is 202 Å². The maximum atomic E-state index is 13.5. The molecule has 0 saturated heterocycles. The third-order valence-corrected chi connectivity index (χ3v) is 16.3. The van der Waals surface area contributed by atoms with Gasteiger partial charge in [0.25, 0.3) is 0 Å². The van der Waals surface area contributed by atoms with Crippen LogP contribution in [-0.4, -0.2) is 51.9 Å². The van der Waals surface area contributed by atoms with Crippen molar-refractivity contribution in [3.8, 4) is 44.5 Å². The van der Waals surface area contributed by atoms with E-state index < -0.39 is 60.1 Å². The van der Waals surface area contributed by atoms with Crippen LogP contribution in [0.25, 0.3) is 109 Å². The van der Waals surface area contributed by atoms with Crippen molar-refractivity contribution < 1.29 is 170 Å². The fourth-order valence-corrected chi connectivity index (χ4v) is 13.0. The van der Waals surface area contributed by atoms with E-state index in [0.29, 0.717) is 55.2 Å². The minimum atomic E-state index is -5.63. The van der Waals surface area contributed by atoms with Crippen LogP contribution in [0.2, 0.25) is 0 Å². The average Bonchev–Trinajstić information content (AvgIpc) is 3.32. The molecule has 0 amide bonds. The summed E-state index contributed by atoms with van der Waals surface area (Å²) < 4.78 is 161. The van der Waals surface area contributed by atoms with Gasteiger partial charge in [-0.2, -0.15) is 0 Å². The molecule has 11 rings (SSSR count). The molecule has 0 spiro atoms. The van der Waals surface area contributed by atoms with Crippen LogP contribution in [0.5, 0.6) is 0 Å². The monoisotopic (exact) mass is 1090 g/mol. The summed E-state index contributed by atoms with van der Waals surface area (Å²) in [6.07, 6.45) is 0. The fraction of sp³-hybridized carbons (Fsp3) is 0. The maximum Gasteiger partial charge on any atom is 1.00 e. The molecule has 0 aliphatic carbocycles. The van der Waals surface area contributed by atoms with Crippen LogP contribution >= 0.6 is 0 Å². The van der Waals surface area contributed by atoms with Crippen molar-refractivity contribution in [2.24, 2.45) is 0 Å². The van der Waals surface area contributed by atoms with Gasteiger partial charge in [0.15, 0.2) is 0 Å². The summed E-state index contributed by atoms with van der Waals surface area (Å²) in [6.45, 7) is 0. The van der Waals surface area contributed by atoms with Crippen molar-refractivity contribution in [3.05, 3.63) is 182 Å². The van der Waals surface area contributed by atoms with Crippen LogP contribution in [0, 0.1) is 0 Å². The number of benzene rings is 11. The minimum absolute atomic E-state index is 0. The van der Waals surface area contributed by atoms with Gasteiger partial charge in [-0.15, -0.1) is 0 Å². The Labute approximate surface area is 514 Å². The zero-order chi connectivity index (χ0) is 49.1. The van der Waals surface area contributed by atoms with E-state index in [1.54, 1.807) is 146 Å². The smallest absolute Gasteiger partial charge is 0.744 e. The molecule has 0 aliphatic heterocycles. The van der Waals surface area contributed by atoms with E-state index in [2.05, 4.69) is 0 Å². The van der Waals surface area contributed by atoms with Gasteiger partial charge in [-0.05, 0) is 123 Å². The Morgan fingerprint density at radius 2 is 0.405 bits per heavy atom. The molecule has 0 saturated carbocycles. The van der Waals surface area contributed by atoms with Crippen molar-refractivity contribution in [1.29, 1.82) is 0 Å². The molecule has 0 aliphatic rings. The standard InChI is InChI=1S/C54H34O12S4.4Na/c55-67(56,57)47-29-49(69(61,62)63)45(27-43(47)51-35-17-5-1-13-31(35)25-32-14-2-6-18-36(32)51)53-39-21-9-11-23-41(39)54(42-24-12-10-22-40(42)53)46-28-44(48(68(58,59)60)30-50(46)70(64,65)66)52-37-19-7-3-15-33(37)26-34-16-4-8-20-38(34)52;;;;/h1-30H,(H,55,56,57)(H,58,59,60)(H,61,62,63)(H,64,65,66);;;;/q;4*+1/p-4. The van der Waals surface area contributed by atoms with Gasteiger partial charge in [0.2, 0.25) is 0 Å². The Balaban J connectivity index is 0.00000200. The molecule has 346 valence electrons. The summed E-state index contributed by atoms with van der Waals surface area (Å²) in [5, 5.41) is 5.31. The molecule has 0 unspecified atom stereocenters. The SMILES string of the molecule is O=S(=O)([O-])c1cc(S(=O)(=O)[O-])c(-c2c3ccccc3c(-c3cc(-c4c5ccccc5cc5ccccc45)c(S(=O)(=O)[O-])cc3S(=O)(=O)[O-])c3ccccc23)cc1-c1c2ccccc2cc2ccccc12.[Na+].[Na+].[Na+].[Na+]. The third-order valence-electron chi connectivity index (χ3n) is 12.8. The van der Waals surface area contributed by atoms with Crippen LogP contribution in [-0.2, 0) is 40.5 Å². The molecule has 0 aromatic heterocycles. The van der Waals surface area contributed by atoms with E-state index in [1.165, 1.54) is 12.1 Å². The van der Waals surface area contributed by atoms with Crippen LogP contribution < -0.4 is 118 Å². The molecule has 0 fully saturated rings. The van der Waals surface area contributed by atoms with E-state index in [4.69, 9.17) is 0 Å². The Kier molecular flexibility index (Phi) is 17.2. The molecule has 0 bridgehead atoms. The van der Waals surface area contributed by atoms with Crippen molar-refractivity contribution >= 4 is 105 Å². The van der Waals surface area contributed by atoms with Gasteiger partial charge in [-0.1, -0.05) is 146 Å². The number of hydrogen-bond donors (Lipinski definition) is 0. The third kappa shape index (κ3) is 10.3. The molecule has 0 atom stereocenters. The molecule has 11 aromatic carbocycles. The Morgan fingerprint density at radius 3 is 0.608 bits per heavy atom. The summed E-state index contributed by atoms with van der Waals surface area (Å²) in [7, 11) is -22.3. The van der Waals surface area contributed by atoms with Crippen molar-refractivity contribution in [2.45, 2.75) is 19.6 Å². The Hall–Kier alpha value is -3.38. The van der Waals surface area contributed by atoms with E-state index in [9.17, 15) is 51.9 Å². The van der Waals surface area contributed by atoms with E-state index in [-0.39, 0.29) is 184 Å². The topological polar surface area (TPSA) is 229 Å². The van der Waals surface area contributed by atoms with Crippen LogP contribution in [0.1, 0.15) is 0 Å². The molecular formula is C54H30Na4O12S4. The van der Waals surface area contributed by atoms with Gasteiger partial charge in [-0.25, -0.2) is 33.7 Å². The van der Waals surface area contributed by atoms with Gasteiger partial charge in [0.05, 0.1) is 19.6 Å². The molecule has 74 heavy (non-hydrogen) atoms. The molecule has 0 N–H and O–H groups in total. The summed E-state index contributed by atoms with van der Waals surface area (Å²) >= 11 is 0. The van der Waals surface area contributed by atoms with Gasteiger partial charge in [-0.3, -0.25) is 0 Å². The molecule has 0 radical (unpaired) electrons. The Bertz CT molecular complexity index is 4160. The quantitative estimate of drug-likeness (QED) is 0.101. The van der Waals surface area contributed by atoms with Crippen LogP contribution in [0.4, 0.5) is 0 Å². The number of hydrogen-bond acceptors (Lipinski definition) is 12. The van der Waals surface area contributed by atoms with Gasteiger partial charge in [0.1, 0.15) is 40.5 Å². The van der Waals surface area contributed by atoms with Crippen molar-refractivity contribution in [1.82, 2.24) is 0 Å². The minimum Gasteiger partial charge on any atom is -0.744 e. The van der Waals surface area contributed by atoms with Gasteiger partial charge < -0.3 is 18.2 Å². The summed E-state index contributed by atoms with van der Waals surface area (Å²) in [5.41, 5.74) is -0.395. The maximum absolute atomic E-state index is 13.5. The molecular weight excluding hydrogens is 1060 g/mol. The average molecular weight is 1090 g/mol. The predicted octanol–water partition coefficient (Wildman–Crippen LogP) is -1.09. The second kappa shape index (κ2) is 21.8. The summed E-state index contributed by atoms with van der Waals surface area (Å²) in [4.78, 5) is -4.03. The van der Waals surface area contributed by atoms with Gasteiger partial charge >= 0.3 is 118 Å². The largest absolute Gasteiger partial charge is 1.00 e. The van der Waals surface area contributed by atoms with Crippen molar-refractivity contribution in [3.63, 3.8) is 0 Å². The second-order valence-corrected chi connectivity index (χ2v) is 22.1. The van der Waals surface area contributed by atoms with Crippen LogP contribution in [0.3, 0.4) is 0 Å². The Morgan fingerprint density at radius 1 is 0.230 bits per heavy atom. The molecule has 20 heteroatoms. The van der Waals surface area contributed by atoms with E-state index >= 15 is 0 Å². The first-order valence-corrected chi connectivity index (χ1v) is 26.9. The number of rotatable bonds is 8. The summed E-state index contributed by atoms with van der Waals surface area (Å²) in [6, 6.07) is 47.8. The fourth-order valence-electron chi connectivity index (χ4n) is 10.0. The predicted molar refractivity (Wildman–Crippen MR) is 265 cm³/mol. The second-order valence-electron chi connectivity index (χ2n) is 16.7. The van der Waals surface area contributed by atoms with E-state index in [0.717, 1.165) is 0 Å². The number of fused-ring (bicyclic) bond motifs is 6. The first-order chi connectivity index (χ1) is 33.3. The summed E-state index contributed by atoms with van der Waals surface area (Å²) in [5.74, 6) is 0. The van der Waals surface area contributed by atoms with E-state index in [1.807, 2.05) is 12.1 Å². The first-order valence-electron chi connectivity index (χ1n) is 21.2. The zero-order valence-electron chi connectivity index (χ0n) is 39.9. The van der Waals surface area contributed by atoms with Gasteiger partial charge in [0, 0.05) is 22.3 Å². The zero-order valence-corrected chi connectivity index (χ0v) is 51.1. The normalized spacial score (nSPS) is 12.1.